The Morgan fingerprint density at radius 1 is 1.35 bits per heavy atom. The van der Waals surface area contributed by atoms with Crippen LogP contribution < -0.4 is 5.32 Å². The summed E-state index contributed by atoms with van der Waals surface area (Å²) in [6, 6.07) is 0.437. The summed E-state index contributed by atoms with van der Waals surface area (Å²) < 4.78 is 0. The molecular weight excluding hydrogens is 212 g/mol. The zero-order valence-electron chi connectivity index (χ0n) is 12.0. The molecule has 17 heavy (non-hydrogen) atoms. The maximum atomic E-state index is 10.3. The molecule has 3 heteroatoms. The van der Waals surface area contributed by atoms with Gasteiger partial charge in [0.25, 0.3) is 0 Å². The molecule has 1 aliphatic rings. The molecule has 2 N–H and O–H groups in total. The Morgan fingerprint density at radius 2 is 1.94 bits per heavy atom. The molecule has 1 rings (SSSR count). The second-order valence-corrected chi connectivity index (χ2v) is 6.16. The Bertz CT molecular complexity index is 208. The molecule has 1 saturated heterocycles. The summed E-state index contributed by atoms with van der Waals surface area (Å²) in [6.45, 7) is 12.2. The lowest BCUT2D eigenvalue weighted by Gasteiger charge is -2.36. The first-order valence-electron chi connectivity index (χ1n) is 7.11. The number of piperidine rings is 1. The summed E-state index contributed by atoms with van der Waals surface area (Å²) in [5.41, 5.74) is -0.608. The van der Waals surface area contributed by atoms with E-state index >= 15 is 0 Å². The van der Waals surface area contributed by atoms with Gasteiger partial charge in [-0.15, -0.1) is 0 Å². The van der Waals surface area contributed by atoms with Crippen molar-refractivity contribution < 1.29 is 5.11 Å². The Morgan fingerprint density at radius 3 is 2.41 bits per heavy atom. The number of likely N-dealkylation sites (tertiary alicyclic amines) is 1. The van der Waals surface area contributed by atoms with Gasteiger partial charge in [-0.05, 0) is 38.8 Å². The maximum Gasteiger partial charge on any atom is 0.0869 e. The molecule has 0 spiro atoms. The van der Waals surface area contributed by atoms with Gasteiger partial charge in [-0.3, -0.25) is 0 Å². The first kappa shape index (κ1) is 14.9. The standard InChI is InChI=1S/C14H30N2O/c1-5-13-6-8-16(9-7-13)11-14(4,17)10-15-12(2)3/h12-13,15,17H,5-11H2,1-4H3. The van der Waals surface area contributed by atoms with Gasteiger partial charge < -0.3 is 15.3 Å². The van der Waals surface area contributed by atoms with Crippen LogP contribution in [0.2, 0.25) is 0 Å². The van der Waals surface area contributed by atoms with Crippen molar-refractivity contribution in [1.29, 1.82) is 0 Å². The minimum absolute atomic E-state index is 0.437. The number of nitrogens with zero attached hydrogens (tertiary/aromatic N) is 1. The summed E-state index contributed by atoms with van der Waals surface area (Å²) in [5, 5.41) is 13.7. The lowest BCUT2D eigenvalue weighted by atomic mass is 9.93. The normalized spacial score (nSPS) is 22.9. The van der Waals surface area contributed by atoms with Gasteiger partial charge in [0.15, 0.2) is 0 Å². The fourth-order valence-electron chi connectivity index (χ4n) is 2.51. The molecule has 1 unspecified atom stereocenters. The van der Waals surface area contributed by atoms with Gasteiger partial charge in [-0.1, -0.05) is 27.2 Å². The Hall–Kier alpha value is -0.120. The molecule has 0 aliphatic carbocycles. The number of rotatable bonds is 6. The second kappa shape index (κ2) is 6.72. The van der Waals surface area contributed by atoms with Crippen LogP contribution in [0.1, 0.15) is 47.0 Å². The number of β-amino-alcohol motifs (C(OH)–C–C–N with tert-alkyl or cyclic N) is 1. The Kier molecular flexibility index (Phi) is 5.90. The summed E-state index contributed by atoms with van der Waals surface area (Å²) >= 11 is 0. The zero-order valence-corrected chi connectivity index (χ0v) is 12.0. The number of nitrogens with one attached hydrogen (secondary N) is 1. The predicted octanol–water partition coefficient (Wildman–Crippen LogP) is 1.86. The topological polar surface area (TPSA) is 35.5 Å². The maximum absolute atomic E-state index is 10.3. The van der Waals surface area contributed by atoms with Crippen molar-refractivity contribution in [3.63, 3.8) is 0 Å². The summed E-state index contributed by atoms with van der Waals surface area (Å²) in [5.74, 6) is 0.907. The van der Waals surface area contributed by atoms with E-state index < -0.39 is 5.60 Å². The molecule has 0 aromatic heterocycles. The lowest BCUT2D eigenvalue weighted by Crippen LogP contribution is -2.50. The van der Waals surface area contributed by atoms with Crippen LogP contribution in [0, 0.1) is 5.92 Å². The van der Waals surface area contributed by atoms with Crippen molar-refractivity contribution in [1.82, 2.24) is 10.2 Å². The first-order valence-corrected chi connectivity index (χ1v) is 7.11. The van der Waals surface area contributed by atoms with E-state index in [9.17, 15) is 5.11 Å². The molecule has 0 aromatic carbocycles. The van der Waals surface area contributed by atoms with E-state index in [2.05, 4.69) is 31.0 Å². The van der Waals surface area contributed by atoms with Gasteiger partial charge in [0.1, 0.15) is 0 Å². The van der Waals surface area contributed by atoms with E-state index in [0.717, 1.165) is 25.6 Å². The van der Waals surface area contributed by atoms with Crippen LogP contribution in [0.15, 0.2) is 0 Å². The van der Waals surface area contributed by atoms with E-state index in [-0.39, 0.29) is 0 Å². The second-order valence-electron chi connectivity index (χ2n) is 6.16. The highest BCUT2D eigenvalue weighted by Crippen LogP contribution is 2.21. The van der Waals surface area contributed by atoms with E-state index in [1.165, 1.54) is 19.3 Å². The molecule has 3 nitrogen and oxygen atoms in total. The largest absolute Gasteiger partial charge is 0.388 e. The molecule has 1 heterocycles. The zero-order chi connectivity index (χ0) is 12.9. The molecule has 102 valence electrons. The minimum atomic E-state index is -0.608. The molecular formula is C14H30N2O. The molecule has 0 amide bonds. The third-order valence-corrected chi connectivity index (χ3v) is 3.74. The molecule has 1 fully saturated rings. The highest BCUT2D eigenvalue weighted by molar-refractivity contribution is 4.83. The fourth-order valence-corrected chi connectivity index (χ4v) is 2.51. The molecule has 1 aliphatic heterocycles. The first-order chi connectivity index (χ1) is 7.93. The van der Waals surface area contributed by atoms with Gasteiger partial charge in [0, 0.05) is 19.1 Å². The van der Waals surface area contributed by atoms with Gasteiger partial charge in [-0.2, -0.15) is 0 Å². The highest BCUT2D eigenvalue weighted by atomic mass is 16.3. The monoisotopic (exact) mass is 242 g/mol. The molecule has 0 aromatic rings. The van der Waals surface area contributed by atoms with Crippen LogP contribution in [-0.4, -0.2) is 47.8 Å². The average molecular weight is 242 g/mol. The quantitative estimate of drug-likeness (QED) is 0.746. The fraction of sp³-hybridized carbons (Fsp3) is 1.00. The van der Waals surface area contributed by atoms with E-state index in [1.54, 1.807) is 0 Å². The van der Waals surface area contributed by atoms with Gasteiger partial charge in [0.05, 0.1) is 5.60 Å². The summed E-state index contributed by atoms with van der Waals surface area (Å²) in [6.07, 6.45) is 3.90. The van der Waals surface area contributed by atoms with Crippen molar-refractivity contribution in [3.05, 3.63) is 0 Å². The van der Waals surface area contributed by atoms with Crippen LogP contribution in [0.4, 0.5) is 0 Å². The minimum Gasteiger partial charge on any atom is -0.388 e. The van der Waals surface area contributed by atoms with Crippen molar-refractivity contribution in [3.8, 4) is 0 Å². The van der Waals surface area contributed by atoms with Gasteiger partial charge in [-0.25, -0.2) is 0 Å². The van der Waals surface area contributed by atoms with Crippen molar-refractivity contribution in [2.75, 3.05) is 26.2 Å². The summed E-state index contributed by atoms with van der Waals surface area (Å²) in [4.78, 5) is 2.41. The van der Waals surface area contributed by atoms with Crippen molar-refractivity contribution >= 4 is 0 Å². The number of aliphatic hydroxyl groups is 1. The van der Waals surface area contributed by atoms with E-state index in [0.29, 0.717) is 12.6 Å². The SMILES string of the molecule is CCC1CCN(CC(C)(O)CNC(C)C)CC1. The van der Waals surface area contributed by atoms with Gasteiger partial charge >= 0.3 is 0 Å². The third kappa shape index (κ3) is 5.84. The molecule has 0 radical (unpaired) electrons. The smallest absolute Gasteiger partial charge is 0.0869 e. The molecule has 0 bridgehead atoms. The van der Waals surface area contributed by atoms with Crippen LogP contribution in [0.3, 0.4) is 0 Å². The van der Waals surface area contributed by atoms with Crippen LogP contribution in [0.5, 0.6) is 0 Å². The van der Waals surface area contributed by atoms with E-state index in [4.69, 9.17) is 0 Å². The van der Waals surface area contributed by atoms with Crippen LogP contribution in [-0.2, 0) is 0 Å². The van der Waals surface area contributed by atoms with Crippen LogP contribution >= 0.6 is 0 Å². The Balaban J connectivity index is 2.28. The molecule has 0 saturated carbocycles. The number of hydrogen-bond donors (Lipinski definition) is 2. The van der Waals surface area contributed by atoms with Crippen molar-refractivity contribution in [2.45, 2.75) is 58.6 Å². The lowest BCUT2D eigenvalue weighted by molar-refractivity contribution is 0.00865. The molecule has 1 atom stereocenters. The Labute approximate surface area is 107 Å². The summed E-state index contributed by atoms with van der Waals surface area (Å²) in [7, 11) is 0. The highest BCUT2D eigenvalue weighted by Gasteiger charge is 2.26. The third-order valence-electron chi connectivity index (χ3n) is 3.74. The predicted molar refractivity (Wildman–Crippen MR) is 73.2 cm³/mol. The van der Waals surface area contributed by atoms with Crippen molar-refractivity contribution in [2.24, 2.45) is 5.92 Å². The number of hydrogen-bond acceptors (Lipinski definition) is 3. The van der Waals surface area contributed by atoms with E-state index in [1.807, 2.05) is 6.92 Å². The average Bonchev–Trinajstić information content (AvgIpc) is 2.27. The van der Waals surface area contributed by atoms with Crippen LogP contribution in [0.25, 0.3) is 0 Å². The van der Waals surface area contributed by atoms with Gasteiger partial charge in [0.2, 0.25) is 0 Å².